The van der Waals surface area contributed by atoms with Gasteiger partial charge in [0, 0.05) is 41.2 Å². The lowest BCUT2D eigenvalue weighted by Crippen LogP contribution is -2.16. The molecule has 1 atom stereocenters. The molecule has 4 rings (SSSR count). The Balaban J connectivity index is 1.37. The van der Waals surface area contributed by atoms with Crippen LogP contribution in [-0.4, -0.2) is 28.3 Å². The zero-order valence-electron chi connectivity index (χ0n) is 15.4. The van der Waals surface area contributed by atoms with Gasteiger partial charge in [0.2, 0.25) is 0 Å². The van der Waals surface area contributed by atoms with Crippen LogP contribution in [0.15, 0.2) is 48.8 Å². The van der Waals surface area contributed by atoms with Gasteiger partial charge in [-0.2, -0.15) is 5.10 Å². The van der Waals surface area contributed by atoms with Gasteiger partial charge in [0.25, 0.3) is 0 Å². The van der Waals surface area contributed by atoms with Gasteiger partial charge in [-0.3, -0.25) is 4.90 Å². The largest absolute Gasteiger partial charge is 0.373 e. The normalized spacial score (nSPS) is 17.3. The number of hydrogen-bond donors (Lipinski definition) is 0. The van der Waals surface area contributed by atoms with Gasteiger partial charge in [-0.15, -0.1) is 11.3 Å². The van der Waals surface area contributed by atoms with E-state index in [0.717, 1.165) is 31.8 Å². The van der Waals surface area contributed by atoms with E-state index in [1.807, 2.05) is 22.2 Å². The molecule has 0 bridgehead atoms. The first-order valence-electron chi connectivity index (χ1n) is 9.17. The molecule has 136 valence electrons. The molecule has 0 N–H and O–H groups in total. The van der Waals surface area contributed by atoms with Crippen molar-refractivity contribution >= 4 is 11.3 Å². The minimum Gasteiger partial charge on any atom is -0.373 e. The molecule has 1 aromatic carbocycles. The third-order valence-corrected chi connectivity index (χ3v) is 5.87. The standard InChI is InChI=1S/C21H25N3OS/c1-16-5-3-6-18(11-16)24-14-17(12-22-24)13-23(2)15-19-8-9-21(26-19)20-7-4-10-25-20/h3,5-6,8-9,11-12,14,20H,4,7,10,13,15H2,1-2H3. The van der Waals surface area contributed by atoms with Gasteiger partial charge in [-0.25, -0.2) is 4.68 Å². The number of aryl methyl sites for hydroxylation is 1. The second kappa shape index (κ2) is 7.74. The van der Waals surface area contributed by atoms with Crippen LogP contribution in [0.4, 0.5) is 0 Å². The van der Waals surface area contributed by atoms with Crippen LogP contribution in [0, 0.1) is 6.92 Å². The van der Waals surface area contributed by atoms with E-state index in [2.05, 4.69) is 66.6 Å². The summed E-state index contributed by atoms with van der Waals surface area (Å²) in [5, 5.41) is 4.52. The highest BCUT2D eigenvalue weighted by atomic mass is 32.1. The molecule has 1 fully saturated rings. The lowest BCUT2D eigenvalue weighted by atomic mass is 10.2. The van der Waals surface area contributed by atoms with Gasteiger partial charge in [0.1, 0.15) is 0 Å². The summed E-state index contributed by atoms with van der Waals surface area (Å²) in [4.78, 5) is 5.10. The summed E-state index contributed by atoms with van der Waals surface area (Å²) in [6, 6.07) is 12.9. The first-order valence-corrected chi connectivity index (χ1v) is 9.98. The SMILES string of the molecule is Cc1cccc(-n2cc(CN(C)Cc3ccc(C4CCCO4)s3)cn2)c1. The Labute approximate surface area is 159 Å². The monoisotopic (exact) mass is 367 g/mol. The molecule has 5 heteroatoms. The predicted octanol–water partition coefficient (Wildman–Crippen LogP) is 4.73. The van der Waals surface area contributed by atoms with Crippen molar-refractivity contribution in [2.24, 2.45) is 0 Å². The van der Waals surface area contributed by atoms with E-state index < -0.39 is 0 Å². The van der Waals surface area contributed by atoms with Crippen molar-refractivity contribution in [2.75, 3.05) is 13.7 Å². The summed E-state index contributed by atoms with van der Waals surface area (Å²) < 4.78 is 7.75. The molecule has 4 nitrogen and oxygen atoms in total. The molecule has 0 aliphatic carbocycles. The van der Waals surface area contributed by atoms with Crippen molar-refractivity contribution in [3.63, 3.8) is 0 Å². The molecule has 1 aliphatic heterocycles. The van der Waals surface area contributed by atoms with Crippen molar-refractivity contribution < 1.29 is 4.74 Å². The second-order valence-corrected chi connectivity index (χ2v) is 8.31. The topological polar surface area (TPSA) is 30.3 Å². The fourth-order valence-electron chi connectivity index (χ4n) is 3.44. The zero-order chi connectivity index (χ0) is 17.9. The van der Waals surface area contributed by atoms with Crippen molar-refractivity contribution in [2.45, 2.75) is 39.0 Å². The fraction of sp³-hybridized carbons (Fsp3) is 0.381. The van der Waals surface area contributed by atoms with E-state index in [1.165, 1.54) is 27.3 Å². The van der Waals surface area contributed by atoms with Crippen molar-refractivity contribution in [1.29, 1.82) is 0 Å². The molecule has 3 aromatic rings. The molecule has 26 heavy (non-hydrogen) atoms. The van der Waals surface area contributed by atoms with Crippen LogP contribution in [0.3, 0.4) is 0 Å². The lowest BCUT2D eigenvalue weighted by molar-refractivity contribution is 0.114. The van der Waals surface area contributed by atoms with E-state index in [-0.39, 0.29) is 0 Å². The molecule has 1 saturated heterocycles. The molecule has 1 aliphatic rings. The molecule has 0 amide bonds. The summed E-state index contributed by atoms with van der Waals surface area (Å²) in [5.74, 6) is 0. The molecular weight excluding hydrogens is 342 g/mol. The highest BCUT2D eigenvalue weighted by Crippen LogP contribution is 2.33. The summed E-state index contributed by atoms with van der Waals surface area (Å²) in [7, 11) is 2.16. The van der Waals surface area contributed by atoms with E-state index in [0.29, 0.717) is 6.10 Å². The fourth-order valence-corrected chi connectivity index (χ4v) is 4.62. The average molecular weight is 368 g/mol. The van der Waals surface area contributed by atoms with Crippen LogP contribution in [0.1, 0.15) is 39.8 Å². The highest BCUT2D eigenvalue weighted by molar-refractivity contribution is 7.12. The maximum atomic E-state index is 5.79. The number of nitrogens with zero attached hydrogens (tertiary/aromatic N) is 3. The number of ether oxygens (including phenoxy) is 1. The predicted molar refractivity (Wildman–Crippen MR) is 106 cm³/mol. The van der Waals surface area contributed by atoms with Gasteiger partial charge in [0.15, 0.2) is 0 Å². The summed E-state index contributed by atoms with van der Waals surface area (Å²) in [6.45, 7) is 4.85. The van der Waals surface area contributed by atoms with Crippen LogP contribution >= 0.6 is 11.3 Å². The lowest BCUT2D eigenvalue weighted by Gasteiger charge is -2.14. The van der Waals surface area contributed by atoms with Gasteiger partial charge in [-0.05, 0) is 56.6 Å². The maximum absolute atomic E-state index is 5.79. The van der Waals surface area contributed by atoms with Gasteiger partial charge >= 0.3 is 0 Å². The number of rotatable bonds is 6. The Morgan fingerprint density at radius 2 is 2.19 bits per heavy atom. The van der Waals surface area contributed by atoms with Crippen LogP contribution < -0.4 is 0 Å². The van der Waals surface area contributed by atoms with E-state index in [9.17, 15) is 0 Å². The Bertz CT molecular complexity index is 864. The van der Waals surface area contributed by atoms with Crippen molar-refractivity contribution in [1.82, 2.24) is 14.7 Å². The molecular formula is C21H25N3OS. The molecule has 0 saturated carbocycles. The van der Waals surface area contributed by atoms with Gasteiger partial charge in [-0.1, -0.05) is 12.1 Å². The zero-order valence-corrected chi connectivity index (χ0v) is 16.2. The summed E-state index contributed by atoms with van der Waals surface area (Å²) in [5.41, 5.74) is 3.58. The Morgan fingerprint density at radius 1 is 1.27 bits per heavy atom. The Kier molecular flexibility index (Phi) is 5.20. The Morgan fingerprint density at radius 3 is 3.00 bits per heavy atom. The number of aromatic nitrogens is 2. The first-order chi connectivity index (χ1) is 12.7. The minimum absolute atomic E-state index is 0.326. The third kappa shape index (κ3) is 4.06. The van der Waals surface area contributed by atoms with Crippen LogP contribution in [0.2, 0.25) is 0 Å². The molecule has 0 spiro atoms. The highest BCUT2D eigenvalue weighted by Gasteiger charge is 2.19. The number of benzene rings is 1. The van der Waals surface area contributed by atoms with Crippen LogP contribution in [0.5, 0.6) is 0 Å². The molecule has 0 radical (unpaired) electrons. The minimum atomic E-state index is 0.326. The van der Waals surface area contributed by atoms with Gasteiger partial charge in [0.05, 0.1) is 18.0 Å². The quantitative estimate of drug-likeness (QED) is 0.631. The molecule has 1 unspecified atom stereocenters. The van der Waals surface area contributed by atoms with Crippen LogP contribution in [0.25, 0.3) is 5.69 Å². The summed E-state index contributed by atoms with van der Waals surface area (Å²) >= 11 is 1.89. The Hall–Kier alpha value is -1.95. The van der Waals surface area contributed by atoms with Crippen LogP contribution in [-0.2, 0) is 17.8 Å². The summed E-state index contributed by atoms with van der Waals surface area (Å²) in [6.07, 6.45) is 6.76. The maximum Gasteiger partial charge on any atom is 0.0917 e. The number of thiophene rings is 1. The van der Waals surface area contributed by atoms with E-state index in [1.54, 1.807) is 0 Å². The second-order valence-electron chi connectivity index (χ2n) is 7.11. The van der Waals surface area contributed by atoms with Crippen molar-refractivity contribution in [3.05, 3.63) is 69.7 Å². The van der Waals surface area contributed by atoms with E-state index >= 15 is 0 Å². The average Bonchev–Trinajstić information content (AvgIpc) is 3.36. The first kappa shape index (κ1) is 17.5. The van der Waals surface area contributed by atoms with Crippen molar-refractivity contribution in [3.8, 4) is 5.69 Å². The third-order valence-electron chi connectivity index (χ3n) is 4.71. The molecule has 3 heterocycles. The molecule has 2 aromatic heterocycles. The number of hydrogen-bond acceptors (Lipinski definition) is 4. The van der Waals surface area contributed by atoms with E-state index in [4.69, 9.17) is 4.74 Å². The smallest absolute Gasteiger partial charge is 0.0917 e. The van der Waals surface area contributed by atoms with Gasteiger partial charge < -0.3 is 4.74 Å².